The Bertz CT molecular complexity index is 335. The molecule has 0 bridgehead atoms. The fourth-order valence-electron chi connectivity index (χ4n) is 2.79. The number of aliphatic hydroxyl groups is 1. The van der Waals surface area contributed by atoms with Gasteiger partial charge in [0.25, 0.3) is 0 Å². The lowest BCUT2D eigenvalue weighted by Gasteiger charge is -2.14. The number of aliphatic hydroxyl groups excluding tert-OH is 1. The zero-order valence-electron chi connectivity index (χ0n) is 8.95. The Morgan fingerprint density at radius 1 is 1.40 bits per heavy atom. The van der Waals surface area contributed by atoms with Crippen LogP contribution in [0.15, 0.2) is 12.3 Å². The van der Waals surface area contributed by atoms with Gasteiger partial charge in [0.05, 0.1) is 12.1 Å². The summed E-state index contributed by atoms with van der Waals surface area (Å²) in [6.07, 6.45) is 6.70. The van der Waals surface area contributed by atoms with E-state index in [2.05, 4.69) is 22.1 Å². The van der Waals surface area contributed by atoms with Crippen LogP contribution in [0.5, 0.6) is 0 Å². The zero-order chi connectivity index (χ0) is 10.3. The summed E-state index contributed by atoms with van der Waals surface area (Å²) >= 11 is 0. The summed E-state index contributed by atoms with van der Waals surface area (Å²) in [5, 5.41) is 13.2. The first-order valence-corrected chi connectivity index (χ1v) is 5.95. The van der Waals surface area contributed by atoms with Crippen LogP contribution in [0.3, 0.4) is 0 Å². The van der Waals surface area contributed by atoms with Crippen LogP contribution in [0.1, 0.15) is 36.6 Å². The maximum absolute atomic E-state index is 9.83. The molecular formula is C12H18N2O. The summed E-state index contributed by atoms with van der Waals surface area (Å²) in [5.74, 6) is 0. The van der Waals surface area contributed by atoms with Crippen molar-refractivity contribution in [2.45, 2.75) is 44.4 Å². The summed E-state index contributed by atoms with van der Waals surface area (Å²) < 4.78 is 2.35. The first kappa shape index (κ1) is 9.43. The fourth-order valence-corrected chi connectivity index (χ4v) is 2.79. The van der Waals surface area contributed by atoms with E-state index in [1.807, 2.05) is 0 Å². The van der Waals surface area contributed by atoms with Crippen molar-refractivity contribution in [3.8, 4) is 0 Å². The maximum Gasteiger partial charge on any atom is 0.0747 e. The minimum atomic E-state index is -0.200. The molecule has 1 saturated heterocycles. The van der Waals surface area contributed by atoms with Crippen molar-refractivity contribution in [3.05, 3.63) is 23.5 Å². The fraction of sp³-hybridized carbons (Fsp3) is 0.667. The molecule has 0 saturated carbocycles. The third-order valence-electron chi connectivity index (χ3n) is 3.64. The second kappa shape index (κ2) is 3.65. The minimum absolute atomic E-state index is 0.170. The van der Waals surface area contributed by atoms with Crippen LogP contribution in [-0.4, -0.2) is 22.3 Å². The van der Waals surface area contributed by atoms with Gasteiger partial charge in [-0.3, -0.25) is 0 Å². The van der Waals surface area contributed by atoms with Crippen LogP contribution >= 0.6 is 0 Å². The molecule has 3 rings (SSSR count). The smallest absolute Gasteiger partial charge is 0.0747 e. The van der Waals surface area contributed by atoms with Gasteiger partial charge in [-0.1, -0.05) is 0 Å². The van der Waals surface area contributed by atoms with Gasteiger partial charge in [-0.05, 0) is 43.9 Å². The third-order valence-corrected chi connectivity index (χ3v) is 3.64. The van der Waals surface area contributed by atoms with Crippen molar-refractivity contribution in [3.63, 3.8) is 0 Å². The number of nitrogens with one attached hydrogen (secondary N) is 1. The van der Waals surface area contributed by atoms with E-state index in [1.165, 1.54) is 30.5 Å². The van der Waals surface area contributed by atoms with Gasteiger partial charge in [0, 0.05) is 18.4 Å². The van der Waals surface area contributed by atoms with Crippen LogP contribution in [-0.2, 0) is 13.0 Å². The predicted molar refractivity (Wildman–Crippen MR) is 58.7 cm³/mol. The molecule has 2 aliphatic heterocycles. The Labute approximate surface area is 90.1 Å². The number of fused-ring (bicyclic) bond motifs is 1. The molecule has 1 aromatic heterocycles. The molecule has 0 aliphatic carbocycles. The summed E-state index contributed by atoms with van der Waals surface area (Å²) in [4.78, 5) is 0. The average molecular weight is 206 g/mol. The summed E-state index contributed by atoms with van der Waals surface area (Å²) in [6.45, 7) is 2.09. The Balaban J connectivity index is 1.88. The van der Waals surface area contributed by atoms with E-state index in [0.29, 0.717) is 0 Å². The molecule has 0 amide bonds. The summed E-state index contributed by atoms with van der Waals surface area (Å²) in [6, 6.07) is 2.44. The van der Waals surface area contributed by atoms with E-state index in [0.717, 1.165) is 19.5 Å². The van der Waals surface area contributed by atoms with Crippen LogP contribution in [0.25, 0.3) is 0 Å². The molecule has 2 atom stereocenters. The van der Waals surface area contributed by atoms with Gasteiger partial charge in [0.15, 0.2) is 0 Å². The molecule has 15 heavy (non-hydrogen) atoms. The van der Waals surface area contributed by atoms with Gasteiger partial charge >= 0.3 is 0 Å². The van der Waals surface area contributed by atoms with Crippen LogP contribution in [0.4, 0.5) is 0 Å². The molecule has 1 aromatic rings. The standard InChI is InChI=1S/C12H18N2O/c15-11-4-5-13-12(11)9-7-10-3-1-2-6-14(10)8-9/h7-8,11-13,15H,1-6H2. The van der Waals surface area contributed by atoms with Crippen molar-refractivity contribution in [2.24, 2.45) is 0 Å². The quantitative estimate of drug-likeness (QED) is 0.725. The molecular weight excluding hydrogens is 188 g/mol. The van der Waals surface area contributed by atoms with E-state index >= 15 is 0 Å². The van der Waals surface area contributed by atoms with Gasteiger partial charge in [0.1, 0.15) is 0 Å². The summed E-state index contributed by atoms with van der Waals surface area (Å²) in [5.41, 5.74) is 2.72. The largest absolute Gasteiger partial charge is 0.391 e. The molecule has 2 N–H and O–H groups in total. The number of hydrogen-bond acceptors (Lipinski definition) is 2. The molecule has 0 spiro atoms. The molecule has 2 unspecified atom stereocenters. The minimum Gasteiger partial charge on any atom is -0.391 e. The molecule has 1 fully saturated rings. The average Bonchev–Trinajstić information content (AvgIpc) is 2.82. The maximum atomic E-state index is 9.83. The second-order valence-electron chi connectivity index (χ2n) is 4.70. The Morgan fingerprint density at radius 2 is 2.33 bits per heavy atom. The number of nitrogens with zero attached hydrogens (tertiary/aromatic N) is 1. The number of aromatic nitrogens is 1. The van der Waals surface area contributed by atoms with E-state index < -0.39 is 0 Å². The van der Waals surface area contributed by atoms with E-state index in [1.54, 1.807) is 0 Å². The third kappa shape index (κ3) is 1.60. The predicted octanol–water partition coefficient (Wildman–Crippen LogP) is 1.22. The monoisotopic (exact) mass is 206 g/mol. The topological polar surface area (TPSA) is 37.2 Å². The van der Waals surface area contributed by atoms with Crippen LogP contribution < -0.4 is 5.32 Å². The first-order valence-electron chi connectivity index (χ1n) is 5.95. The Morgan fingerprint density at radius 3 is 3.07 bits per heavy atom. The highest BCUT2D eigenvalue weighted by Gasteiger charge is 2.27. The normalized spacial score (nSPS) is 30.5. The van der Waals surface area contributed by atoms with Crippen LogP contribution in [0, 0.1) is 0 Å². The van der Waals surface area contributed by atoms with Gasteiger partial charge in [0.2, 0.25) is 0 Å². The molecule has 82 valence electrons. The number of hydrogen-bond donors (Lipinski definition) is 2. The van der Waals surface area contributed by atoms with Crippen molar-refractivity contribution in [1.29, 1.82) is 0 Å². The molecule has 0 radical (unpaired) electrons. The second-order valence-corrected chi connectivity index (χ2v) is 4.70. The molecule has 3 heteroatoms. The lowest BCUT2D eigenvalue weighted by Crippen LogP contribution is -2.20. The van der Waals surface area contributed by atoms with Crippen LogP contribution in [0.2, 0.25) is 0 Å². The SMILES string of the molecule is OC1CCNC1c1cc2n(c1)CCCC2. The Hall–Kier alpha value is -0.800. The van der Waals surface area contributed by atoms with Gasteiger partial charge in [-0.2, -0.15) is 0 Å². The van der Waals surface area contributed by atoms with Crippen molar-refractivity contribution in [1.82, 2.24) is 9.88 Å². The van der Waals surface area contributed by atoms with Crippen molar-refractivity contribution < 1.29 is 5.11 Å². The van der Waals surface area contributed by atoms with E-state index in [-0.39, 0.29) is 12.1 Å². The molecule has 3 heterocycles. The van der Waals surface area contributed by atoms with E-state index in [4.69, 9.17) is 0 Å². The molecule has 3 nitrogen and oxygen atoms in total. The summed E-state index contributed by atoms with van der Waals surface area (Å²) in [7, 11) is 0. The first-order chi connectivity index (χ1) is 7.34. The molecule has 2 aliphatic rings. The van der Waals surface area contributed by atoms with Crippen molar-refractivity contribution in [2.75, 3.05) is 6.54 Å². The number of aryl methyl sites for hydroxylation is 2. The number of rotatable bonds is 1. The van der Waals surface area contributed by atoms with Gasteiger partial charge in [-0.25, -0.2) is 0 Å². The highest BCUT2D eigenvalue weighted by Crippen LogP contribution is 2.27. The lowest BCUT2D eigenvalue weighted by molar-refractivity contribution is 0.160. The molecule has 0 aromatic carbocycles. The lowest BCUT2D eigenvalue weighted by atomic mass is 10.1. The highest BCUT2D eigenvalue weighted by molar-refractivity contribution is 5.25. The van der Waals surface area contributed by atoms with Crippen molar-refractivity contribution >= 4 is 0 Å². The van der Waals surface area contributed by atoms with Gasteiger partial charge < -0.3 is 15.0 Å². The Kier molecular flexibility index (Phi) is 2.29. The zero-order valence-corrected chi connectivity index (χ0v) is 8.95. The highest BCUT2D eigenvalue weighted by atomic mass is 16.3. The van der Waals surface area contributed by atoms with Gasteiger partial charge in [-0.15, -0.1) is 0 Å². The van der Waals surface area contributed by atoms with E-state index in [9.17, 15) is 5.11 Å².